The van der Waals surface area contributed by atoms with Gasteiger partial charge in [0.2, 0.25) is 5.28 Å². The molecule has 0 radical (unpaired) electrons. The highest BCUT2D eigenvalue weighted by molar-refractivity contribution is 6.28. The largest absolute Gasteiger partial charge is 0.369 e. The van der Waals surface area contributed by atoms with Crippen molar-refractivity contribution in [3.63, 3.8) is 0 Å². The van der Waals surface area contributed by atoms with E-state index < -0.39 is 4.92 Å². The van der Waals surface area contributed by atoms with Crippen LogP contribution in [0.3, 0.4) is 0 Å². The van der Waals surface area contributed by atoms with E-state index in [1.54, 1.807) is 6.07 Å². The summed E-state index contributed by atoms with van der Waals surface area (Å²) in [5.74, 6) is 0.560. The predicted octanol–water partition coefficient (Wildman–Crippen LogP) is 6.52. The molecule has 1 aromatic heterocycles. The van der Waals surface area contributed by atoms with Crippen LogP contribution in [0.5, 0.6) is 0 Å². The van der Waals surface area contributed by atoms with Gasteiger partial charge < -0.3 is 5.32 Å². The van der Waals surface area contributed by atoms with Gasteiger partial charge in [0.1, 0.15) is 5.82 Å². The average Bonchev–Trinajstić information content (AvgIpc) is 2.65. The van der Waals surface area contributed by atoms with E-state index in [0.29, 0.717) is 16.7 Å². The van der Waals surface area contributed by atoms with Crippen molar-refractivity contribution < 1.29 is 4.92 Å². The maximum atomic E-state index is 11.0. The van der Waals surface area contributed by atoms with Crippen molar-refractivity contribution in [3.8, 4) is 0 Å². The van der Waals surface area contributed by atoms with Gasteiger partial charge in [0, 0.05) is 24.1 Å². The molecular formula is C20H29ClN4O2. The molecule has 0 saturated carbocycles. The van der Waals surface area contributed by atoms with E-state index in [1.807, 2.05) is 0 Å². The van der Waals surface area contributed by atoms with Gasteiger partial charge in [-0.05, 0) is 24.1 Å². The van der Waals surface area contributed by atoms with Crippen LogP contribution in [0.15, 0.2) is 18.2 Å². The Morgan fingerprint density at radius 3 is 2.26 bits per heavy atom. The van der Waals surface area contributed by atoms with Crippen molar-refractivity contribution in [1.82, 2.24) is 9.97 Å². The van der Waals surface area contributed by atoms with Crippen LogP contribution in [0.4, 0.5) is 11.5 Å². The number of nitro groups is 1. The number of rotatable bonds is 13. The van der Waals surface area contributed by atoms with Crippen LogP contribution >= 0.6 is 11.6 Å². The number of hydrogen-bond donors (Lipinski definition) is 1. The minimum absolute atomic E-state index is 0.0235. The van der Waals surface area contributed by atoms with Gasteiger partial charge in [0.15, 0.2) is 0 Å². The standard InChI is InChI=1S/C20H29ClN4O2/c1-2-3-4-5-6-7-8-9-10-11-14-22-19-17-15-16(25(26)27)12-13-18(17)23-20(21)24-19/h12-13,15H,2-11,14H2,1H3,(H,22,23,24). The van der Waals surface area contributed by atoms with Crippen LogP contribution in [0.2, 0.25) is 5.28 Å². The van der Waals surface area contributed by atoms with Crippen LogP contribution in [0.25, 0.3) is 10.9 Å². The highest BCUT2D eigenvalue weighted by atomic mass is 35.5. The molecule has 0 fully saturated rings. The van der Waals surface area contributed by atoms with E-state index in [9.17, 15) is 10.1 Å². The zero-order valence-corrected chi connectivity index (χ0v) is 16.8. The first-order valence-electron chi connectivity index (χ1n) is 9.97. The second-order valence-electron chi connectivity index (χ2n) is 6.91. The van der Waals surface area contributed by atoms with Gasteiger partial charge in [0.25, 0.3) is 5.69 Å². The first-order valence-corrected chi connectivity index (χ1v) is 10.3. The first-order chi connectivity index (χ1) is 13.1. The fourth-order valence-corrected chi connectivity index (χ4v) is 3.33. The van der Waals surface area contributed by atoms with Crippen LogP contribution < -0.4 is 5.32 Å². The smallest absolute Gasteiger partial charge is 0.270 e. The molecule has 0 aliphatic carbocycles. The third-order valence-electron chi connectivity index (χ3n) is 4.69. The maximum Gasteiger partial charge on any atom is 0.270 e. The zero-order valence-electron chi connectivity index (χ0n) is 16.0. The summed E-state index contributed by atoms with van der Waals surface area (Å²) < 4.78 is 0. The number of nitrogens with zero attached hydrogens (tertiary/aromatic N) is 3. The molecule has 1 aromatic carbocycles. The summed E-state index contributed by atoms with van der Waals surface area (Å²) >= 11 is 5.97. The van der Waals surface area contributed by atoms with E-state index in [4.69, 9.17) is 11.6 Å². The molecule has 1 N–H and O–H groups in total. The van der Waals surface area contributed by atoms with E-state index in [1.165, 1.54) is 69.9 Å². The SMILES string of the molecule is CCCCCCCCCCCCNc1nc(Cl)nc2ccc([N+](=O)[O-])cc12. The Hall–Kier alpha value is -1.95. The number of unbranched alkanes of at least 4 members (excludes halogenated alkanes) is 9. The predicted molar refractivity (Wildman–Crippen MR) is 112 cm³/mol. The van der Waals surface area contributed by atoms with Gasteiger partial charge in [-0.3, -0.25) is 10.1 Å². The number of nitrogens with one attached hydrogen (secondary N) is 1. The van der Waals surface area contributed by atoms with Gasteiger partial charge in [-0.25, -0.2) is 9.97 Å². The normalized spacial score (nSPS) is 11.0. The summed E-state index contributed by atoms with van der Waals surface area (Å²) in [5, 5.41) is 15.0. The highest BCUT2D eigenvalue weighted by Gasteiger charge is 2.12. The van der Waals surface area contributed by atoms with Crippen LogP contribution in [-0.4, -0.2) is 21.4 Å². The molecule has 1 heterocycles. The average molecular weight is 393 g/mol. The molecule has 7 heteroatoms. The van der Waals surface area contributed by atoms with E-state index in [2.05, 4.69) is 22.2 Å². The third kappa shape index (κ3) is 7.29. The third-order valence-corrected chi connectivity index (χ3v) is 4.85. The summed E-state index contributed by atoms with van der Waals surface area (Å²) in [6, 6.07) is 4.52. The Morgan fingerprint density at radius 2 is 1.63 bits per heavy atom. The van der Waals surface area contributed by atoms with Crippen LogP contribution in [0, 0.1) is 10.1 Å². The van der Waals surface area contributed by atoms with E-state index in [-0.39, 0.29) is 11.0 Å². The summed E-state index contributed by atoms with van der Waals surface area (Å²) in [5.41, 5.74) is 0.626. The Balaban J connectivity index is 1.75. The lowest BCUT2D eigenvalue weighted by Crippen LogP contribution is -2.05. The van der Waals surface area contributed by atoms with Crippen LogP contribution in [-0.2, 0) is 0 Å². The minimum Gasteiger partial charge on any atom is -0.369 e. The number of fused-ring (bicyclic) bond motifs is 1. The molecule has 0 unspecified atom stereocenters. The fraction of sp³-hybridized carbons (Fsp3) is 0.600. The minimum atomic E-state index is -0.417. The van der Waals surface area contributed by atoms with Gasteiger partial charge in [0.05, 0.1) is 10.4 Å². The zero-order chi connectivity index (χ0) is 19.5. The van der Waals surface area contributed by atoms with Gasteiger partial charge >= 0.3 is 0 Å². The lowest BCUT2D eigenvalue weighted by atomic mass is 10.1. The topological polar surface area (TPSA) is 81.0 Å². The van der Waals surface area contributed by atoms with Crippen molar-refractivity contribution in [2.75, 3.05) is 11.9 Å². The molecule has 6 nitrogen and oxygen atoms in total. The van der Waals surface area contributed by atoms with Gasteiger partial charge in [-0.15, -0.1) is 0 Å². The van der Waals surface area contributed by atoms with Crippen molar-refractivity contribution >= 4 is 34.0 Å². The second kappa shape index (κ2) is 11.7. The summed E-state index contributed by atoms with van der Waals surface area (Å²) in [4.78, 5) is 18.9. The van der Waals surface area contributed by atoms with E-state index >= 15 is 0 Å². The summed E-state index contributed by atoms with van der Waals surface area (Å²) in [7, 11) is 0. The van der Waals surface area contributed by atoms with E-state index in [0.717, 1.165) is 13.0 Å². The van der Waals surface area contributed by atoms with Gasteiger partial charge in [-0.2, -0.15) is 0 Å². The van der Waals surface area contributed by atoms with Crippen molar-refractivity contribution in [1.29, 1.82) is 0 Å². The Bertz CT molecular complexity index is 739. The Morgan fingerprint density at radius 1 is 1.00 bits per heavy atom. The Kier molecular flexibility index (Phi) is 9.25. The molecule has 0 aliphatic rings. The number of nitro benzene ring substituents is 1. The maximum absolute atomic E-state index is 11.0. The molecular weight excluding hydrogens is 364 g/mol. The summed E-state index contributed by atoms with van der Waals surface area (Å²) in [6.45, 7) is 3.01. The molecule has 2 rings (SSSR count). The molecule has 0 amide bonds. The molecule has 0 aliphatic heterocycles. The van der Waals surface area contributed by atoms with Crippen molar-refractivity contribution in [2.45, 2.75) is 71.1 Å². The number of benzene rings is 1. The number of non-ortho nitro benzene ring substituents is 1. The summed E-state index contributed by atoms with van der Waals surface area (Å²) in [6.07, 6.45) is 12.8. The lowest BCUT2D eigenvalue weighted by Gasteiger charge is -2.09. The molecule has 2 aromatic rings. The van der Waals surface area contributed by atoms with Gasteiger partial charge in [-0.1, -0.05) is 64.7 Å². The molecule has 27 heavy (non-hydrogen) atoms. The first kappa shape index (κ1) is 21.4. The highest BCUT2D eigenvalue weighted by Crippen LogP contribution is 2.26. The molecule has 148 valence electrons. The molecule has 0 bridgehead atoms. The van der Waals surface area contributed by atoms with Crippen molar-refractivity contribution in [2.24, 2.45) is 0 Å². The molecule has 0 atom stereocenters. The monoisotopic (exact) mass is 392 g/mol. The molecule has 0 spiro atoms. The number of anilines is 1. The Labute approximate surface area is 165 Å². The van der Waals surface area contributed by atoms with Crippen LogP contribution in [0.1, 0.15) is 71.1 Å². The molecule has 0 saturated heterocycles. The number of hydrogen-bond acceptors (Lipinski definition) is 5. The lowest BCUT2D eigenvalue weighted by molar-refractivity contribution is -0.384. The number of halogens is 1. The quantitative estimate of drug-likeness (QED) is 0.181. The second-order valence-corrected chi connectivity index (χ2v) is 7.25. The fourth-order valence-electron chi connectivity index (χ4n) is 3.16. The number of aromatic nitrogens is 2. The van der Waals surface area contributed by atoms with Crippen molar-refractivity contribution in [3.05, 3.63) is 33.6 Å².